The maximum atomic E-state index is 7.53. The van der Waals surface area contributed by atoms with E-state index >= 15 is 0 Å². The Morgan fingerprint density at radius 3 is 2.55 bits per heavy atom. The number of thioether (sulfide) groups is 1. The average molecular weight is 454 g/mol. The van der Waals surface area contributed by atoms with Gasteiger partial charge in [0, 0.05) is 11.3 Å². The minimum absolute atomic E-state index is 0. The zero-order valence-corrected chi connectivity index (χ0v) is 18.3. The molecule has 1 aromatic heterocycles. The van der Waals surface area contributed by atoms with E-state index in [9.17, 15) is 0 Å². The highest BCUT2D eigenvalue weighted by Crippen LogP contribution is 2.25. The number of benzene rings is 2. The summed E-state index contributed by atoms with van der Waals surface area (Å²) in [6.45, 7) is 2.07. The molecule has 2 heterocycles. The summed E-state index contributed by atoms with van der Waals surface area (Å²) in [5.74, 6) is 1.83. The molecule has 5 N–H and O–H groups in total. The molecule has 0 unspecified atom stereocenters. The zero-order valence-electron chi connectivity index (χ0n) is 15.8. The van der Waals surface area contributed by atoms with Crippen molar-refractivity contribution < 1.29 is 4.74 Å². The van der Waals surface area contributed by atoms with Gasteiger partial charge in [0.05, 0.1) is 11.0 Å². The second kappa shape index (κ2) is 10.7. The van der Waals surface area contributed by atoms with Crippen LogP contribution in [-0.2, 0) is 5.75 Å². The van der Waals surface area contributed by atoms with Crippen molar-refractivity contribution in [2.75, 3.05) is 13.1 Å². The number of hydrogen-bond acceptors (Lipinski definition) is 5. The van der Waals surface area contributed by atoms with Gasteiger partial charge in [0.1, 0.15) is 17.7 Å². The Kier molecular flexibility index (Phi) is 8.64. The molecule has 1 saturated heterocycles. The SMILES string of the molecule is Cl.Cl.N=C(N)c1ccc2nc(SCc3ccc(OC4CCNCC4)cc3)[nH]c2c1. The van der Waals surface area contributed by atoms with Gasteiger partial charge in [-0.2, -0.15) is 0 Å². The Bertz CT molecular complexity index is 942. The number of ether oxygens (including phenoxy) is 1. The molecular formula is C20H25Cl2N5OS. The molecule has 9 heteroatoms. The minimum Gasteiger partial charge on any atom is -0.490 e. The topological polar surface area (TPSA) is 99.8 Å². The van der Waals surface area contributed by atoms with Crippen LogP contribution in [0, 0.1) is 5.41 Å². The van der Waals surface area contributed by atoms with Crippen molar-refractivity contribution in [3.8, 4) is 5.75 Å². The lowest BCUT2D eigenvalue weighted by Crippen LogP contribution is -2.34. The van der Waals surface area contributed by atoms with Crippen molar-refractivity contribution in [1.82, 2.24) is 15.3 Å². The number of piperidine rings is 1. The molecule has 4 rings (SSSR count). The molecule has 1 fully saturated rings. The van der Waals surface area contributed by atoms with E-state index in [-0.39, 0.29) is 30.6 Å². The normalized spacial score (nSPS) is 14.1. The van der Waals surface area contributed by atoms with Crippen molar-refractivity contribution in [2.24, 2.45) is 5.73 Å². The fourth-order valence-corrected chi connectivity index (χ4v) is 3.98. The minimum atomic E-state index is 0. The molecule has 156 valence electrons. The number of aromatic nitrogens is 2. The Morgan fingerprint density at radius 1 is 1.14 bits per heavy atom. The van der Waals surface area contributed by atoms with Gasteiger partial charge in [0.2, 0.25) is 0 Å². The lowest BCUT2D eigenvalue weighted by atomic mass is 10.1. The van der Waals surface area contributed by atoms with Crippen LogP contribution < -0.4 is 15.8 Å². The van der Waals surface area contributed by atoms with Gasteiger partial charge in [0.25, 0.3) is 0 Å². The number of nitrogen functional groups attached to an aromatic ring is 1. The average Bonchev–Trinajstić information content (AvgIpc) is 3.10. The third-order valence-corrected chi connectivity index (χ3v) is 5.60. The number of aromatic amines is 1. The van der Waals surface area contributed by atoms with Gasteiger partial charge in [-0.3, -0.25) is 5.41 Å². The predicted molar refractivity (Wildman–Crippen MR) is 124 cm³/mol. The van der Waals surface area contributed by atoms with E-state index in [0.29, 0.717) is 11.7 Å². The van der Waals surface area contributed by atoms with E-state index in [4.69, 9.17) is 15.9 Å². The second-order valence-corrected chi connectivity index (χ2v) is 7.65. The Hall–Kier alpha value is -1.93. The largest absolute Gasteiger partial charge is 0.490 e. The number of H-pyrrole nitrogens is 1. The van der Waals surface area contributed by atoms with Crippen LogP contribution in [-0.4, -0.2) is 35.0 Å². The van der Waals surface area contributed by atoms with Crippen LogP contribution in [0.3, 0.4) is 0 Å². The lowest BCUT2D eigenvalue weighted by molar-refractivity contribution is 0.162. The number of halogens is 2. The highest BCUT2D eigenvalue weighted by atomic mass is 35.5. The van der Waals surface area contributed by atoms with Crippen molar-refractivity contribution >= 4 is 53.4 Å². The van der Waals surface area contributed by atoms with Gasteiger partial charge in [-0.15, -0.1) is 24.8 Å². The molecule has 0 bridgehead atoms. The number of nitrogens with zero attached hydrogens (tertiary/aromatic N) is 1. The number of amidine groups is 1. The van der Waals surface area contributed by atoms with E-state index in [0.717, 1.165) is 53.6 Å². The van der Waals surface area contributed by atoms with E-state index in [1.165, 1.54) is 5.56 Å². The fraction of sp³-hybridized carbons (Fsp3) is 0.300. The number of rotatable bonds is 6. The lowest BCUT2D eigenvalue weighted by Gasteiger charge is -2.23. The van der Waals surface area contributed by atoms with Crippen LogP contribution in [0.2, 0.25) is 0 Å². The Labute approximate surface area is 186 Å². The van der Waals surface area contributed by atoms with Gasteiger partial charge < -0.3 is 20.8 Å². The molecule has 3 aromatic rings. The summed E-state index contributed by atoms with van der Waals surface area (Å²) in [4.78, 5) is 7.88. The molecular weight excluding hydrogens is 429 g/mol. The van der Waals surface area contributed by atoms with Crippen LogP contribution in [0.5, 0.6) is 5.75 Å². The van der Waals surface area contributed by atoms with Gasteiger partial charge in [-0.25, -0.2) is 4.98 Å². The first kappa shape index (κ1) is 23.3. The van der Waals surface area contributed by atoms with Crippen LogP contribution >= 0.6 is 36.6 Å². The molecule has 0 radical (unpaired) electrons. The Morgan fingerprint density at radius 2 is 1.86 bits per heavy atom. The molecule has 0 saturated carbocycles. The maximum absolute atomic E-state index is 7.53. The highest BCUT2D eigenvalue weighted by molar-refractivity contribution is 7.98. The van der Waals surface area contributed by atoms with Crippen molar-refractivity contribution in [3.05, 3.63) is 53.6 Å². The molecule has 0 spiro atoms. The number of fused-ring (bicyclic) bond motifs is 1. The van der Waals surface area contributed by atoms with Crippen LogP contribution in [0.25, 0.3) is 11.0 Å². The molecule has 0 atom stereocenters. The van der Waals surface area contributed by atoms with Gasteiger partial charge in [0.15, 0.2) is 5.16 Å². The molecule has 0 aliphatic carbocycles. The van der Waals surface area contributed by atoms with Gasteiger partial charge >= 0.3 is 0 Å². The Balaban J connectivity index is 0.00000150. The quantitative estimate of drug-likeness (QED) is 0.255. The molecule has 29 heavy (non-hydrogen) atoms. The second-order valence-electron chi connectivity index (χ2n) is 6.69. The van der Waals surface area contributed by atoms with Crippen LogP contribution in [0.15, 0.2) is 47.6 Å². The number of hydrogen-bond donors (Lipinski definition) is 4. The molecule has 2 aromatic carbocycles. The monoisotopic (exact) mass is 453 g/mol. The summed E-state index contributed by atoms with van der Waals surface area (Å²) in [5.41, 5.74) is 9.26. The fourth-order valence-electron chi connectivity index (χ4n) is 3.14. The molecule has 1 aliphatic rings. The molecule has 1 aliphatic heterocycles. The van der Waals surface area contributed by atoms with E-state index in [2.05, 4.69) is 39.6 Å². The van der Waals surface area contributed by atoms with Crippen molar-refractivity contribution in [3.63, 3.8) is 0 Å². The first-order valence-corrected chi connectivity index (χ1v) is 10.1. The van der Waals surface area contributed by atoms with E-state index in [1.54, 1.807) is 11.8 Å². The summed E-state index contributed by atoms with van der Waals surface area (Å²) in [6.07, 6.45) is 2.45. The van der Waals surface area contributed by atoms with Gasteiger partial charge in [-0.1, -0.05) is 23.9 Å². The van der Waals surface area contributed by atoms with Crippen molar-refractivity contribution in [1.29, 1.82) is 5.41 Å². The third-order valence-electron chi connectivity index (χ3n) is 4.66. The summed E-state index contributed by atoms with van der Waals surface area (Å²) in [5, 5.41) is 11.7. The number of nitrogens with two attached hydrogens (primary N) is 1. The summed E-state index contributed by atoms with van der Waals surface area (Å²) in [7, 11) is 0. The first-order chi connectivity index (χ1) is 13.2. The van der Waals surface area contributed by atoms with E-state index in [1.807, 2.05) is 18.2 Å². The van der Waals surface area contributed by atoms with Crippen molar-refractivity contribution in [2.45, 2.75) is 29.9 Å². The smallest absolute Gasteiger partial charge is 0.166 e. The maximum Gasteiger partial charge on any atom is 0.166 e. The summed E-state index contributed by atoms with van der Waals surface area (Å²) < 4.78 is 6.05. The first-order valence-electron chi connectivity index (χ1n) is 9.11. The number of nitrogens with one attached hydrogen (secondary N) is 3. The van der Waals surface area contributed by atoms with Crippen LogP contribution in [0.1, 0.15) is 24.0 Å². The summed E-state index contributed by atoms with van der Waals surface area (Å²) in [6, 6.07) is 13.9. The van der Waals surface area contributed by atoms with Crippen LogP contribution in [0.4, 0.5) is 0 Å². The van der Waals surface area contributed by atoms with E-state index < -0.39 is 0 Å². The van der Waals surface area contributed by atoms with Gasteiger partial charge in [-0.05, 0) is 61.8 Å². The predicted octanol–water partition coefficient (Wildman–Crippen LogP) is 4.11. The standard InChI is InChI=1S/C20H23N5OS.2ClH/c21-19(22)14-3-6-17-18(11-14)25-20(24-17)27-12-13-1-4-15(5-2-13)26-16-7-9-23-10-8-16;;/h1-6,11,16,23H,7-10,12H2,(H3,21,22)(H,24,25);2*1H. The summed E-state index contributed by atoms with van der Waals surface area (Å²) >= 11 is 1.65. The molecule has 6 nitrogen and oxygen atoms in total. The third kappa shape index (κ3) is 6.02. The number of imidazole rings is 1. The zero-order chi connectivity index (χ0) is 18.6. The highest BCUT2D eigenvalue weighted by Gasteiger charge is 2.14. The molecule has 0 amide bonds.